The molecule has 0 saturated carbocycles. The van der Waals surface area contributed by atoms with Crippen LogP contribution >= 0.6 is 0 Å². The first kappa shape index (κ1) is 14.9. The lowest BCUT2D eigenvalue weighted by Crippen LogP contribution is -2.47. The van der Waals surface area contributed by atoms with E-state index in [1.54, 1.807) is 0 Å². The van der Waals surface area contributed by atoms with Crippen molar-refractivity contribution < 1.29 is 14.3 Å². The third-order valence-electron chi connectivity index (χ3n) is 2.00. The van der Waals surface area contributed by atoms with Gasteiger partial charge in [-0.1, -0.05) is 0 Å². The standard InChI is InChI=1S/C11H22N2O3/c1-9(2)16-6-5-11(3,4)13-10(15)7-12-8-14/h8-9H,5-7H2,1-4H3,(H,12,14)(H,13,15). The molecule has 2 amide bonds. The fourth-order valence-corrected chi connectivity index (χ4v) is 1.17. The maximum Gasteiger partial charge on any atom is 0.239 e. The molecule has 0 heterocycles. The minimum absolute atomic E-state index is 0.0119. The largest absolute Gasteiger partial charge is 0.379 e. The summed E-state index contributed by atoms with van der Waals surface area (Å²) in [5.74, 6) is -0.193. The fraction of sp³-hybridized carbons (Fsp3) is 0.818. The van der Waals surface area contributed by atoms with Gasteiger partial charge in [-0.25, -0.2) is 0 Å². The number of ether oxygens (including phenoxy) is 1. The maximum absolute atomic E-state index is 11.3. The minimum atomic E-state index is -0.323. The van der Waals surface area contributed by atoms with Gasteiger partial charge in [0, 0.05) is 12.1 Å². The number of hydrogen-bond donors (Lipinski definition) is 2. The molecule has 0 unspecified atom stereocenters. The molecule has 0 aromatic carbocycles. The second-order valence-corrected chi connectivity index (χ2v) is 4.60. The van der Waals surface area contributed by atoms with E-state index < -0.39 is 0 Å². The molecule has 0 saturated heterocycles. The Morgan fingerprint density at radius 3 is 2.56 bits per heavy atom. The number of amides is 2. The van der Waals surface area contributed by atoms with E-state index >= 15 is 0 Å². The van der Waals surface area contributed by atoms with Gasteiger partial charge in [0.1, 0.15) is 0 Å². The van der Waals surface area contributed by atoms with Crippen molar-refractivity contribution in [3.63, 3.8) is 0 Å². The summed E-state index contributed by atoms with van der Waals surface area (Å²) in [6.45, 7) is 8.41. The van der Waals surface area contributed by atoms with E-state index in [4.69, 9.17) is 4.74 Å². The normalized spacial score (nSPS) is 11.3. The average molecular weight is 230 g/mol. The van der Waals surface area contributed by atoms with Crippen molar-refractivity contribution in [3.05, 3.63) is 0 Å². The van der Waals surface area contributed by atoms with Gasteiger partial charge < -0.3 is 15.4 Å². The van der Waals surface area contributed by atoms with Crippen molar-refractivity contribution in [2.24, 2.45) is 0 Å². The molecular weight excluding hydrogens is 208 g/mol. The Morgan fingerprint density at radius 1 is 1.44 bits per heavy atom. The van der Waals surface area contributed by atoms with Crippen molar-refractivity contribution in [1.82, 2.24) is 10.6 Å². The molecule has 2 N–H and O–H groups in total. The van der Waals surface area contributed by atoms with Crippen molar-refractivity contribution in [2.45, 2.75) is 45.8 Å². The van der Waals surface area contributed by atoms with Gasteiger partial charge in [-0.05, 0) is 34.1 Å². The molecule has 16 heavy (non-hydrogen) atoms. The minimum Gasteiger partial charge on any atom is -0.379 e. The smallest absolute Gasteiger partial charge is 0.239 e. The summed E-state index contributed by atoms with van der Waals surface area (Å²) in [5, 5.41) is 5.15. The molecule has 0 spiro atoms. The van der Waals surface area contributed by atoms with Gasteiger partial charge in [0.25, 0.3) is 0 Å². The van der Waals surface area contributed by atoms with E-state index in [2.05, 4.69) is 10.6 Å². The van der Waals surface area contributed by atoms with Gasteiger partial charge in [0.2, 0.25) is 12.3 Å². The van der Waals surface area contributed by atoms with Gasteiger partial charge >= 0.3 is 0 Å². The summed E-state index contributed by atoms with van der Waals surface area (Å²) in [4.78, 5) is 21.4. The molecule has 0 aliphatic heterocycles. The second-order valence-electron chi connectivity index (χ2n) is 4.60. The average Bonchev–Trinajstić information content (AvgIpc) is 2.12. The van der Waals surface area contributed by atoms with Crippen LogP contribution in [0.2, 0.25) is 0 Å². The quantitative estimate of drug-likeness (QED) is 0.595. The highest BCUT2D eigenvalue weighted by molar-refractivity contribution is 5.80. The molecule has 0 aromatic heterocycles. The summed E-state index contributed by atoms with van der Waals surface area (Å²) in [6, 6.07) is 0. The Kier molecular flexibility index (Phi) is 6.72. The van der Waals surface area contributed by atoms with Crippen LogP contribution in [0, 0.1) is 0 Å². The van der Waals surface area contributed by atoms with Crippen LogP contribution in [-0.4, -0.2) is 37.1 Å². The molecule has 94 valence electrons. The first-order valence-corrected chi connectivity index (χ1v) is 5.47. The second kappa shape index (κ2) is 7.22. The zero-order chi connectivity index (χ0) is 12.6. The third-order valence-corrected chi connectivity index (χ3v) is 2.00. The van der Waals surface area contributed by atoms with E-state index in [0.29, 0.717) is 13.0 Å². The molecule has 5 heteroatoms. The van der Waals surface area contributed by atoms with Gasteiger partial charge in [0.15, 0.2) is 0 Å². The van der Waals surface area contributed by atoms with E-state index in [-0.39, 0.29) is 24.1 Å². The fourth-order valence-electron chi connectivity index (χ4n) is 1.17. The number of rotatable bonds is 8. The van der Waals surface area contributed by atoms with Crippen molar-refractivity contribution in [3.8, 4) is 0 Å². The molecular formula is C11H22N2O3. The highest BCUT2D eigenvalue weighted by Gasteiger charge is 2.19. The maximum atomic E-state index is 11.3. The summed E-state index contributed by atoms with van der Waals surface area (Å²) in [5.41, 5.74) is -0.323. The molecule has 5 nitrogen and oxygen atoms in total. The number of hydrogen-bond acceptors (Lipinski definition) is 3. The van der Waals surface area contributed by atoms with Crippen molar-refractivity contribution in [1.29, 1.82) is 0 Å². The first-order valence-electron chi connectivity index (χ1n) is 5.47. The van der Waals surface area contributed by atoms with Crippen LogP contribution in [0.1, 0.15) is 34.1 Å². The zero-order valence-electron chi connectivity index (χ0n) is 10.5. The lowest BCUT2D eigenvalue weighted by Gasteiger charge is -2.26. The van der Waals surface area contributed by atoms with Crippen LogP contribution < -0.4 is 10.6 Å². The van der Waals surface area contributed by atoms with Gasteiger partial charge in [0.05, 0.1) is 12.6 Å². The molecule has 0 atom stereocenters. The monoisotopic (exact) mass is 230 g/mol. The third kappa shape index (κ3) is 8.23. The Balaban J connectivity index is 3.84. The van der Waals surface area contributed by atoms with E-state index in [1.165, 1.54) is 0 Å². The SMILES string of the molecule is CC(C)OCCC(C)(C)NC(=O)CNC=O. The Morgan fingerprint density at radius 2 is 2.06 bits per heavy atom. The van der Waals surface area contributed by atoms with Crippen LogP contribution in [0.3, 0.4) is 0 Å². The lowest BCUT2D eigenvalue weighted by atomic mass is 10.0. The molecule has 0 rings (SSSR count). The predicted octanol–water partition coefficient (Wildman–Crippen LogP) is 0.442. The molecule has 0 fully saturated rings. The summed E-state index contributed by atoms with van der Waals surface area (Å²) in [7, 11) is 0. The lowest BCUT2D eigenvalue weighted by molar-refractivity contribution is -0.123. The van der Waals surface area contributed by atoms with Crippen LogP contribution in [-0.2, 0) is 14.3 Å². The highest BCUT2D eigenvalue weighted by atomic mass is 16.5. The van der Waals surface area contributed by atoms with Crippen LogP contribution in [0.4, 0.5) is 0 Å². The van der Waals surface area contributed by atoms with Crippen LogP contribution in [0.5, 0.6) is 0 Å². The van der Waals surface area contributed by atoms with Crippen LogP contribution in [0.15, 0.2) is 0 Å². The summed E-state index contributed by atoms with van der Waals surface area (Å²) < 4.78 is 5.42. The van der Waals surface area contributed by atoms with Crippen molar-refractivity contribution >= 4 is 12.3 Å². The Labute approximate surface area is 96.9 Å². The van der Waals surface area contributed by atoms with E-state index in [1.807, 2.05) is 27.7 Å². The van der Waals surface area contributed by atoms with E-state index in [9.17, 15) is 9.59 Å². The number of carbonyl (C=O) groups excluding carboxylic acids is 2. The van der Waals surface area contributed by atoms with Gasteiger partial charge in [-0.15, -0.1) is 0 Å². The van der Waals surface area contributed by atoms with Crippen molar-refractivity contribution in [2.75, 3.05) is 13.2 Å². The Hall–Kier alpha value is -1.10. The molecule has 0 aromatic rings. The van der Waals surface area contributed by atoms with Gasteiger partial charge in [-0.3, -0.25) is 9.59 Å². The van der Waals surface area contributed by atoms with Crippen LogP contribution in [0.25, 0.3) is 0 Å². The Bertz CT molecular complexity index is 227. The molecule has 0 radical (unpaired) electrons. The molecule has 0 bridgehead atoms. The predicted molar refractivity (Wildman–Crippen MR) is 62.0 cm³/mol. The first-order chi connectivity index (χ1) is 7.37. The number of carbonyl (C=O) groups is 2. The summed E-state index contributed by atoms with van der Waals surface area (Å²) in [6.07, 6.45) is 1.44. The summed E-state index contributed by atoms with van der Waals surface area (Å²) >= 11 is 0. The topological polar surface area (TPSA) is 67.4 Å². The molecule has 0 aliphatic carbocycles. The zero-order valence-corrected chi connectivity index (χ0v) is 10.5. The van der Waals surface area contributed by atoms with E-state index in [0.717, 1.165) is 6.42 Å². The molecule has 0 aliphatic rings. The highest BCUT2D eigenvalue weighted by Crippen LogP contribution is 2.08. The number of nitrogens with one attached hydrogen (secondary N) is 2. The van der Waals surface area contributed by atoms with Gasteiger partial charge in [-0.2, -0.15) is 0 Å².